The standard InChI is InChI=1S/C32H43N3O4S/c1-30(2,3)21-31(4,5)35-19-12-16-32-25(28(38)34(17-9-10-20-36)26(32)29(35)39)24-23(40-32)15-11-18-33(27(24)37)22-13-7-6-8-14-22/h6-8,11-16,23-26,36H,9-10,17-21H2,1-5H3/t23-,24+,25-,26?,32-/m0/s1. The van der Waals surface area contributed by atoms with Crippen LogP contribution in [0.5, 0.6) is 0 Å². The lowest BCUT2D eigenvalue weighted by Crippen LogP contribution is -2.58. The second kappa shape index (κ2) is 10.7. The van der Waals surface area contributed by atoms with Crippen LogP contribution in [0.25, 0.3) is 0 Å². The third-order valence-corrected chi connectivity index (χ3v) is 10.5. The van der Waals surface area contributed by atoms with Crippen molar-refractivity contribution >= 4 is 35.2 Å². The molecular formula is C32H43N3O4S. The highest BCUT2D eigenvalue weighted by Crippen LogP contribution is 2.61. The van der Waals surface area contributed by atoms with Crippen molar-refractivity contribution in [1.29, 1.82) is 0 Å². The molecule has 2 saturated heterocycles. The fourth-order valence-electron chi connectivity index (χ4n) is 7.55. The number of hydrogen-bond donors (Lipinski definition) is 1. The van der Waals surface area contributed by atoms with Gasteiger partial charge in [0.15, 0.2) is 0 Å². The normalized spacial score (nSPS) is 30.4. The number of benzene rings is 1. The number of carbonyl (C=O) groups is 3. The number of aliphatic hydroxyl groups excluding tert-OH is 1. The van der Waals surface area contributed by atoms with Crippen molar-refractivity contribution in [3.8, 4) is 0 Å². The number of aliphatic hydroxyl groups is 1. The molecule has 1 unspecified atom stereocenters. The van der Waals surface area contributed by atoms with E-state index in [1.807, 2.05) is 41.3 Å². The average Bonchev–Trinajstić information content (AvgIpc) is 3.18. The first kappa shape index (κ1) is 28.9. The Morgan fingerprint density at radius 3 is 2.35 bits per heavy atom. The van der Waals surface area contributed by atoms with Gasteiger partial charge < -0.3 is 19.8 Å². The van der Waals surface area contributed by atoms with Crippen LogP contribution in [-0.2, 0) is 14.4 Å². The first-order valence-corrected chi connectivity index (χ1v) is 15.4. The van der Waals surface area contributed by atoms with Crippen molar-refractivity contribution in [2.24, 2.45) is 17.3 Å². The minimum atomic E-state index is -0.824. The van der Waals surface area contributed by atoms with Gasteiger partial charge in [-0.1, -0.05) is 63.3 Å². The number of hydrogen-bond acceptors (Lipinski definition) is 5. The van der Waals surface area contributed by atoms with Crippen LogP contribution in [0.2, 0.25) is 0 Å². The zero-order valence-electron chi connectivity index (χ0n) is 24.4. The quantitative estimate of drug-likeness (QED) is 0.395. The van der Waals surface area contributed by atoms with Gasteiger partial charge in [-0.15, -0.1) is 11.8 Å². The fraction of sp³-hybridized carbons (Fsp3) is 0.594. The minimum absolute atomic E-state index is 0.0136. The zero-order chi connectivity index (χ0) is 28.9. The minimum Gasteiger partial charge on any atom is -0.396 e. The molecule has 4 heterocycles. The van der Waals surface area contributed by atoms with Crippen LogP contribution in [0.1, 0.15) is 53.9 Å². The number of amides is 3. The van der Waals surface area contributed by atoms with E-state index in [0.717, 1.165) is 12.1 Å². The Bertz CT molecular complexity index is 1210. The lowest BCUT2D eigenvalue weighted by atomic mass is 9.77. The molecular weight excluding hydrogens is 522 g/mol. The number of fused-ring (bicyclic) bond motifs is 2. The number of nitrogens with zero attached hydrogens (tertiary/aromatic N) is 3. The summed E-state index contributed by atoms with van der Waals surface area (Å²) in [7, 11) is 0. The largest absolute Gasteiger partial charge is 0.396 e. The van der Waals surface area contributed by atoms with Gasteiger partial charge in [0.1, 0.15) is 6.04 Å². The molecule has 1 N–H and O–H groups in total. The van der Waals surface area contributed by atoms with Crippen LogP contribution in [0, 0.1) is 17.3 Å². The van der Waals surface area contributed by atoms with Gasteiger partial charge in [0, 0.05) is 42.7 Å². The predicted octanol–water partition coefficient (Wildman–Crippen LogP) is 4.27. The zero-order valence-corrected chi connectivity index (χ0v) is 25.2. The Hall–Kier alpha value is -2.58. The highest BCUT2D eigenvalue weighted by molar-refractivity contribution is 8.02. The summed E-state index contributed by atoms with van der Waals surface area (Å²) in [6.07, 6.45) is 10.2. The summed E-state index contributed by atoms with van der Waals surface area (Å²) < 4.78 is -0.824. The maximum Gasteiger partial charge on any atom is 0.247 e. The number of para-hydroxylation sites is 1. The van der Waals surface area contributed by atoms with Gasteiger partial charge in [0.2, 0.25) is 17.7 Å². The highest BCUT2D eigenvalue weighted by atomic mass is 32.2. The van der Waals surface area contributed by atoms with Crippen molar-refractivity contribution in [2.75, 3.05) is 31.1 Å². The molecule has 4 aliphatic heterocycles. The van der Waals surface area contributed by atoms with Crippen LogP contribution in [0.4, 0.5) is 5.69 Å². The molecule has 0 radical (unpaired) electrons. The summed E-state index contributed by atoms with van der Waals surface area (Å²) in [4.78, 5) is 48.8. The summed E-state index contributed by atoms with van der Waals surface area (Å²) >= 11 is 1.62. The molecule has 40 heavy (non-hydrogen) atoms. The van der Waals surface area contributed by atoms with Crippen molar-refractivity contribution in [2.45, 2.75) is 75.5 Å². The maximum atomic E-state index is 14.6. The number of likely N-dealkylation sites (tertiary alicyclic amines) is 1. The molecule has 5 atom stereocenters. The van der Waals surface area contributed by atoms with Gasteiger partial charge in [0.05, 0.1) is 16.6 Å². The Morgan fingerprint density at radius 2 is 1.68 bits per heavy atom. The molecule has 2 fully saturated rings. The summed E-state index contributed by atoms with van der Waals surface area (Å²) in [5, 5.41) is 9.27. The summed E-state index contributed by atoms with van der Waals surface area (Å²) in [6.45, 7) is 12.1. The number of thioether (sulfide) groups is 1. The Kier molecular flexibility index (Phi) is 7.72. The van der Waals surface area contributed by atoms with Crippen molar-refractivity contribution in [3.63, 3.8) is 0 Å². The molecule has 1 spiro atoms. The number of unbranched alkanes of at least 4 members (excludes halogenated alkanes) is 1. The third kappa shape index (κ3) is 4.91. The number of anilines is 1. The van der Waals surface area contributed by atoms with Gasteiger partial charge in [0.25, 0.3) is 0 Å². The molecule has 4 aliphatic rings. The average molecular weight is 566 g/mol. The summed E-state index contributed by atoms with van der Waals surface area (Å²) in [6, 6.07) is 8.92. The molecule has 5 rings (SSSR count). The third-order valence-electron chi connectivity index (χ3n) is 8.73. The lowest BCUT2D eigenvalue weighted by Gasteiger charge is -2.44. The van der Waals surface area contributed by atoms with Crippen molar-refractivity contribution < 1.29 is 19.5 Å². The van der Waals surface area contributed by atoms with E-state index in [1.54, 1.807) is 21.6 Å². The second-order valence-corrected chi connectivity index (χ2v) is 14.9. The van der Waals surface area contributed by atoms with E-state index < -0.39 is 28.2 Å². The van der Waals surface area contributed by atoms with E-state index in [-0.39, 0.29) is 35.0 Å². The van der Waals surface area contributed by atoms with Crippen molar-refractivity contribution in [3.05, 3.63) is 54.6 Å². The SMILES string of the molecule is CC(C)(C)CC(C)(C)N1CC=C[C@]23S[C@H]4C=CCN(c5ccccc5)C(=O)[C@H]4[C@H]2C(=O)N(CCCCO)C3C1=O. The number of carbonyl (C=O) groups excluding carboxylic acids is 3. The Labute approximate surface area is 242 Å². The van der Waals surface area contributed by atoms with Crippen LogP contribution in [0.15, 0.2) is 54.6 Å². The number of rotatable bonds is 7. The first-order valence-electron chi connectivity index (χ1n) is 14.5. The molecule has 0 bridgehead atoms. The molecule has 8 heteroatoms. The topological polar surface area (TPSA) is 81.2 Å². The first-order chi connectivity index (χ1) is 18.9. The van der Waals surface area contributed by atoms with Gasteiger partial charge in [-0.2, -0.15) is 0 Å². The van der Waals surface area contributed by atoms with Gasteiger partial charge in [-0.25, -0.2) is 0 Å². The summed E-state index contributed by atoms with van der Waals surface area (Å²) in [5.41, 5.74) is 0.407. The summed E-state index contributed by atoms with van der Waals surface area (Å²) in [5.74, 6) is -1.41. The lowest BCUT2D eigenvalue weighted by molar-refractivity contribution is -0.146. The van der Waals surface area contributed by atoms with Crippen LogP contribution >= 0.6 is 11.8 Å². The molecule has 0 aliphatic carbocycles. The maximum absolute atomic E-state index is 14.6. The van der Waals surface area contributed by atoms with Crippen LogP contribution in [0.3, 0.4) is 0 Å². The van der Waals surface area contributed by atoms with E-state index >= 15 is 0 Å². The molecule has 0 aromatic heterocycles. The smallest absolute Gasteiger partial charge is 0.247 e. The molecule has 216 valence electrons. The predicted molar refractivity (Wildman–Crippen MR) is 160 cm³/mol. The molecule has 1 aromatic rings. The molecule has 7 nitrogen and oxygen atoms in total. The van der Waals surface area contributed by atoms with E-state index in [9.17, 15) is 19.5 Å². The van der Waals surface area contributed by atoms with Gasteiger partial charge in [-0.05, 0) is 50.7 Å². The molecule has 1 aromatic carbocycles. The van der Waals surface area contributed by atoms with Gasteiger partial charge in [-0.3, -0.25) is 14.4 Å². The molecule has 0 saturated carbocycles. The van der Waals surface area contributed by atoms with Gasteiger partial charge >= 0.3 is 0 Å². The molecule has 3 amide bonds. The van der Waals surface area contributed by atoms with E-state index in [4.69, 9.17) is 0 Å². The van der Waals surface area contributed by atoms with Crippen LogP contribution in [-0.4, -0.2) is 80.4 Å². The van der Waals surface area contributed by atoms with E-state index in [0.29, 0.717) is 32.5 Å². The Morgan fingerprint density at radius 1 is 0.950 bits per heavy atom. The fourth-order valence-corrected chi connectivity index (χ4v) is 9.56. The Balaban J connectivity index is 1.57. The van der Waals surface area contributed by atoms with E-state index in [2.05, 4.69) is 52.8 Å². The van der Waals surface area contributed by atoms with Crippen molar-refractivity contribution in [1.82, 2.24) is 9.80 Å². The van der Waals surface area contributed by atoms with Crippen LogP contribution < -0.4 is 4.90 Å². The monoisotopic (exact) mass is 565 g/mol. The highest BCUT2D eigenvalue weighted by Gasteiger charge is 2.71. The second-order valence-electron chi connectivity index (χ2n) is 13.4. The van der Waals surface area contributed by atoms with E-state index in [1.165, 1.54) is 0 Å².